The van der Waals surface area contributed by atoms with Gasteiger partial charge in [0.15, 0.2) is 0 Å². The van der Waals surface area contributed by atoms with Crippen LogP contribution in [0.3, 0.4) is 0 Å². The monoisotopic (exact) mass is 238 g/mol. The highest BCUT2D eigenvalue weighted by Gasteiger charge is 2.49. The number of imide groups is 1. The second-order valence-corrected chi connectivity index (χ2v) is 5.25. The molecule has 2 bridgehead atoms. The maximum atomic E-state index is 12.2. The number of fused-ring (bicyclic) bond motifs is 2. The molecule has 2 N–H and O–H groups in total. The fourth-order valence-electron chi connectivity index (χ4n) is 3.21. The topological polar surface area (TPSA) is 72.6 Å². The zero-order valence-corrected chi connectivity index (χ0v) is 9.80. The molecule has 5 nitrogen and oxygen atoms in total. The maximum Gasteiger partial charge on any atom is 0.258 e. The minimum absolute atomic E-state index is 0.0610. The predicted molar refractivity (Wildman–Crippen MR) is 60.0 cm³/mol. The summed E-state index contributed by atoms with van der Waals surface area (Å²) in [6, 6.07) is -0.162. The number of likely N-dealkylation sites (tertiary alicyclic amines) is 1. The Hall–Kier alpha value is -0.940. The summed E-state index contributed by atoms with van der Waals surface area (Å²) in [6.45, 7) is 0. The molecule has 0 aromatic carbocycles. The normalized spacial score (nSPS) is 42.1. The van der Waals surface area contributed by atoms with E-state index in [1.807, 2.05) is 0 Å². The average Bonchev–Trinajstić information content (AvgIpc) is 2.76. The van der Waals surface area contributed by atoms with Crippen LogP contribution in [-0.2, 0) is 14.3 Å². The van der Waals surface area contributed by atoms with Gasteiger partial charge in [-0.3, -0.25) is 14.5 Å². The lowest BCUT2D eigenvalue weighted by molar-refractivity contribution is -0.172. The van der Waals surface area contributed by atoms with Crippen LogP contribution in [0.2, 0.25) is 0 Å². The molecule has 17 heavy (non-hydrogen) atoms. The second kappa shape index (κ2) is 4.07. The Bertz CT molecular complexity index is 336. The molecule has 0 aromatic heterocycles. The molecule has 0 radical (unpaired) electrons. The zero-order valence-electron chi connectivity index (χ0n) is 9.80. The van der Waals surface area contributed by atoms with Crippen LogP contribution in [0.1, 0.15) is 38.5 Å². The minimum atomic E-state index is -0.396. The summed E-state index contributed by atoms with van der Waals surface area (Å²) >= 11 is 0. The molecular formula is C12H18N2O3. The van der Waals surface area contributed by atoms with E-state index in [4.69, 9.17) is 10.5 Å². The summed E-state index contributed by atoms with van der Waals surface area (Å²) in [6.07, 6.45) is 4.44. The summed E-state index contributed by atoms with van der Waals surface area (Å²) < 4.78 is 5.40. The van der Waals surface area contributed by atoms with E-state index in [1.165, 1.54) is 4.90 Å². The van der Waals surface area contributed by atoms with E-state index >= 15 is 0 Å². The molecule has 5 heteroatoms. The fraction of sp³-hybridized carbons (Fsp3) is 0.833. The Kier molecular flexibility index (Phi) is 2.67. The Labute approximate surface area is 100 Å². The Morgan fingerprint density at radius 1 is 1.00 bits per heavy atom. The summed E-state index contributed by atoms with van der Waals surface area (Å²) in [5.74, 6) is -0.322. The van der Waals surface area contributed by atoms with Gasteiger partial charge in [0.1, 0.15) is 12.2 Å². The quantitative estimate of drug-likeness (QED) is 0.661. The lowest BCUT2D eigenvalue weighted by atomic mass is 9.89. The summed E-state index contributed by atoms with van der Waals surface area (Å²) in [5, 5.41) is 0. The molecule has 1 saturated carbocycles. The van der Waals surface area contributed by atoms with Crippen molar-refractivity contribution in [3.05, 3.63) is 0 Å². The van der Waals surface area contributed by atoms with Crippen molar-refractivity contribution in [3.63, 3.8) is 0 Å². The van der Waals surface area contributed by atoms with E-state index in [9.17, 15) is 9.59 Å². The van der Waals surface area contributed by atoms with Gasteiger partial charge in [0.25, 0.3) is 11.8 Å². The highest BCUT2D eigenvalue weighted by atomic mass is 16.5. The van der Waals surface area contributed by atoms with Gasteiger partial charge in [-0.05, 0) is 25.7 Å². The SMILES string of the molecule is NC1CCCCC1N1C(=O)C2CCC(O2)C1=O. The third kappa shape index (κ3) is 1.68. The van der Waals surface area contributed by atoms with Crippen molar-refractivity contribution in [1.29, 1.82) is 0 Å². The van der Waals surface area contributed by atoms with Crippen molar-refractivity contribution < 1.29 is 14.3 Å². The molecule has 0 spiro atoms. The first-order valence-corrected chi connectivity index (χ1v) is 6.46. The lowest BCUT2D eigenvalue weighted by Crippen LogP contribution is -2.61. The summed E-state index contributed by atoms with van der Waals surface area (Å²) in [4.78, 5) is 25.8. The largest absolute Gasteiger partial charge is 0.355 e. The van der Waals surface area contributed by atoms with E-state index in [1.54, 1.807) is 0 Å². The molecule has 3 fully saturated rings. The third-order valence-electron chi connectivity index (χ3n) is 4.16. The molecule has 2 amide bonds. The average molecular weight is 238 g/mol. The van der Waals surface area contributed by atoms with Gasteiger partial charge in [-0.15, -0.1) is 0 Å². The first kappa shape index (κ1) is 11.2. The van der Waals surface area contributed by atoms with Crippen LogP contribution in [-0.4, -0.2) is 41.0 Å². The molecule has 1 aliphatic carbocycles. The van der Waals surface area contributed by atoms with Crippen molar-refractivity contribution in [3.8, 4) is 0 Å². The van der Waals surface area contributed by atoms with Gasteiger partial charge < -0.3 is 10.5 Å². The van der Waals surface area contributed by atoms with E-state index in [0.717, 1.165) is 25.7 Å². The van der Waals surface area contributed by atoms with Gasteiger partial charge in [0.05, 0.1) is 6.04 Å². The number of carbonyl (C=O) groups is 2. The Morgan fingerprint density at radius 2 is 1.59 bits per heavy atom. The van der Waals surface area contributed by atoms with Crippen LogP contribution in [0.25, 0.3) is 0 Å². The standard InChI is InChI=1S/C12H18N2O3/c13-7-3-1-2-4-8(7)14-11(15)9-5-6-10(17-9)12(14)16/h7-10H,1-6,13H2. The highest BCUT2D eigenvalue weighted by molar-refractivity contribution is 6.02. The van der Waals surface area contributed by atoms with Crippen molar-refractivity contribution in [2.75, 3.05) is 0 Å². The van der Waals surface area contributed by atoms with E-state index in [0.29, 0.717) is 12.8 Å². The van der Waals surface area contributed by atoms with Gasteiger partial charge in [-0.2, -0.15) is 0 Å². The number of rotatable bonds is 1. The zero-order chi connectivity index (χ0) is 12.0. The van der Waals surface area contributed by atoms with Crippen molar-refractivity contribution >= 4 is 11.8 Å². The van der Waals surface area contributed by atoms with Crippen LogP contribution in [0.4, 0.5) is 0 Å². The third-order valence-corrected chi connectivity index (χ3v) is 4.16. The fourth-order valence-corrected chi connectivity index (χ4v) is 3.21. The number of morpholine rings is 1. The highest BCUT2D eigenvalue weighted by Crippen LogP contribution is 2.32. The number of amides is 2. The number of nitrogens with two attached hydrogens (primary N) is 1. The molecule has 3 rings (SSSR count). The molecule has 3 aliphatic rings. The van der Waals surface area contributed by atoms with Gasteiger partial charge in [-0.25, -0.2) is 0 Å². The van der Waals surface area contributed by atoms with Crippen molar-refractivity contribution in [2.24, 2.45) is 5.73 Å². The van der Waals surface area contributed by atoms with Crippen LogP contribution in [0.5, 0.6) is 0 Å². The molecular weight excluding hydrogens is 220 g/mol. The van der Waals surface area contributed by atoms with Crippen LogP contribution in [0.15, 0.2) is 0 Å². The number of ether oxygens (including phenoxy) is 1. The molecule has 4 atom stereocenters. The van der Waals surface area contributed by atoms with Gasteiger partial charge in [-0.1, -0.05) is 12.8 Å². The summed E-state index contributed by atoms with van der Waals surface area (Å²) in [5.41, 5.74) is 6.06. The van der Waals surface area contributed by atoms with Crippen LogP contribution in [0, 0.1) is 0 Å². The first-order valence-electron chi connectivity index (χ1n) is 6.46. The van der Waals surface area contributed by atoms with Crippen molar-refractivity contribution in [1.82, 2.24) is 4.90 Å². The molecule has 4 unspecified atom stereocenters. The number of carbonyl (C=O) groups excluding carboxylic acids is 2. The lowest BCUT2D eigenvalue weighted by Gasteiger charge is -2.40. The number of hydrogen-bond donors (Lipinski definition) is 1. The van der Waals surface area contributed by atoms with E-state index in [2.05, 4.69) is 0 Å². The molecule has 2 saturated heterocycles. The van der Waals surface area contributed by atoms with Crippen LogP contribution >= 0.6 is 0 Å². The number of hydrogen-bond acceptors (Lipinski definition) is 4. The molecule has 2 aliphatic heterocycles. The second-order valence-electron chi connectivity index (χ2n) is 5.25. The minimum Gasteiger partial charge on any atom is -0.355 e. The van der Waals surface area contributed by atoms with Gasteiger partial charge in [0, 0.05) is 6.04 Å². The van der Waals surface area contributed by atoms with E-state index < -0.39 is 12.2 Å². The predicted octanol–water partition coefficient (Wildman–Crippen LogP) is 0.173. The Balaban J connectivity index is 1.85. The van der Waals surface area contributed by atoms with Gasteiger partial charge >= 0.3 is 0 Å². The van der Waals surface area contributed by atoms with Gasteiger partial charge in [0.2, 0.25) is 0 Å². The number of nitrogens with zero attached hydrogens (tertiary/aromatic N) is 1. The van der Waals surface area contributed by atoms with Crippen molar-refractivity contribution in [2.45, 2.75) is 62.8 Å². The molecule has 94 valence electrons. The van der Waals surface area contributed by atoms with E-state index in [-0.39, 0.29) is 23.9 Å². The molecule has 2 heterocycles. The Morgan fingerprint density at radius 3 is 2.18 bits per heavy atom. The molecule has 0 aromatic rings. The van der Waals surface area contributed by atoms with Crippen LogP contribution < -0.4 is 5.73 Å². The summed E-state index contributed by atoms with van der Waals surface area (Å²) in [7, 11) is 0. The first-order chi connectivity index (χ1) is 8.18. The smallest absolute Gasteiger partial charge is 0.258 e. The maximum absolute atomic E-state index is 12.2.